The molecule has 1 aromatic carbocycles. The molecular formula is C25H29BBrF3N2O4. The lowest BCUT2D eigenvalue weighted by molar-refractivity contribution is -0.144. The predicted octanol–water partition coefficient (Wildman–Crippen LogP) is 4.96. The van der Waals surface area contributed by atoms with Crippen LogP contribution in [0.1, 0.15) is 51.8 Å². The molecule has 0 unspecified atom stereocenters. The second-order valence-electron chi connectivity index (χ2n) is 10.0. The average Bonchev–Trinajstić information content (AvgIpc) is 3.02. The summed E-state index contributed by atoms with van der Waals surface area (Å²) in [6, 6.07) is 6.58. The summed E-state index contributed by atoms with van der Waals surface area (Å²) in [5.74, 6) is -0.600. The Kier molecular flexibility index (Phi) is 8.27. The Morgan fingerprint density at radius 3 is 2.44 bits per heavy atom. The lowest BCUT2D eigenvalue weighted by atomic mass is 9.79. The summed E-state index contributed by atoms with van der Waals surface area (Å²) >= 11 is 3.44. The van der Waals surface area contributed by atoms with Gasteiger partial charge in [-0.15, -0.1) is 0 Å². The van der Waals surface area contributed by atoms with Gasteiger partial charge in [-0.2, -0.15) is 13.2 Å². The Morgan fingerprint density at radius 2 is 1.89 bits per heavy atom. The van der Waals surface area contributed by atoms with Crippen LogP contribution in [0.25, 0.3) is 22.2 Å². The lowest BCUT2D eigenvalue weighted by Gasteiger charge is -2.25. The SMILES string of the molecule is CC(=O)OCC(C)(C)Cc1c(-c2cc(B(O)O)cnc2C(C)C)n(CC(F)(F)F)c2ccc(Br)cc12. The van der Waals surface area contributed by atoms with Crippen LogP contribution in [0.4, 0.5) is 13.2 Å². The first-order chi connectivity index (χ1) is 16.6. The van der Waals surface area contributed by atoms with Crippen LogP contribution < -0.4 is 5.46 Å². The normalized spacial score (nSPS) is 12.4. The number of ether oxygens (including phenoxy) is 1. The zero-order chi connectivity index (χ0) is 27.0. The Labute approximate surface area is 216 Å². The van der Waals surface area contributed by atoms with E-state index in [2.05, 4.69) is 20.9 Å². The van der Waals surface area contributed by atoms with Gasteiger partial charge < -0.3 is 19.4 Å². The van der Waals surface area contributed by atoms with E-state index >= 15 is 0 Å². The van der Waals surface area contributed by atoms with Crippen molar-refractivity contribution in [2.24, 2.45) is 5.41 Å². The lowest BCUT2D eigenvalue weighted by Crippen LogP contribution is -2.31. The number of halogens is 4. The summed E-state index contributed by atoms with van der Waals surface area (Å²) in [7, 11) is -1.84. The zero-order valence-corrected chi connectivity index (χ0v) is 22.4. The molecule has 194 valence electrons. The third kappa shape index (κ3) is 6.49. The van der Waals surface area contributed by atoms with Crippen molar-refractivity contribution in [3.05, 3.63) is 46.2 Å². The van der Waals surface area contributed by atoms with Crippen LogP contribution in [0.3, 0.4) is 0 Å². The second kappa shape index (κ2) is 10.6. The minimum atomic E-state index is -4.52. The summed E-state index contributed by atoms with van der Waals surface area (Å²) in [4.78, 5) is 15.9. The van der Waals surface area contributed by atoms with Gasteiger partial charge >= 0.3 is 19.3 Å². The number of aromatic nitrogens is 2. The molecule has 0 radical (unpaired) electrons. The van der Waals surface area contributed by atoms with Crippen LogP contribution >= 0.6 is 15.9 Å². The van der Waals surface area contributed by atoms with Gasteiger partial charge in [0.2, 0.25) is 0 Å². The molecule has 11 heteroatoms. The van der Waals surface area contributed by atoms with Gasteiger partial charge in [0.15, 0.2) is 0 Å². The maximum absolute atomic E-state index is 13.9. The number of pyridine rings is 1. The average molecular weight is 569 g/mol. The summed E-state index contributed by atoms with van der Waals surface area (Å²) in [6.45, 7) is 7.64. The molecule has 2 N–H and O–H groups in total. The van der Waals surface area contributed by atoms with E-state index in [4.69, 9.17) is 4.74 Å². The Bertz CT molecular complexity index is 1270. The maximum Gasteiger partial charge on any atom is 0.490 e. The van der Waals surface area contributed by atoms with Crippen LogP contribution in [0, 0.1) is 5.41 Å². The number of carbonyl (C=O) groups excluding carboxylic acids is 1. The highest BCUT2D eigenvalue weighted by Crippen LogP contribution is 2.42. The van der Waals surface area contributed by atoms with E-state index in [9.17, 15) is 28.0 Å². The molecule has 0 fully saturated rings. The number of fused-ring (bicyclic) bond motifs is 1. The maximum atomic E-state index is 13.9. The molecule has 2 aromatic heterocycles. The molecule has 0 amide bonds. The number of rotatable bonds is 8. The van der Waals surface area contributed by atoms with Gasteiger partial charge in [0.05, 0.1) is 18.0 Å². The van der Waals surface area contributed by atoms with E-state index in [-0.39, 0.29) is 24.4 Å². The largest absolute Gasteiger partial charge is 0.490 e. The predicted molar refractivity (Wildman–Crippen MR) is 137 cm³/mol. The molecule has 2 heterocycles. The number of carbonyl (C=O) groups is 1. The monoisotopic (exact) mass is 568 g/mol. The first kappa shape index (κ1) is 28.2. The van der Waals surface area contributed by atoms with Gasteiger partial charge in [0.1, 0.15) is 6.54 Å². The van der Waals surface area contributed by atoms with Crippen LogP contribution in [0.15, 0.2) is 34.9 Å². The van der Waals surface area contributed by atoms with Crippen LogP contribution in [-0.2, 0) is 22.5 Å². The van der Waals surface area contributed by atoms with Gasteiger partial charge in [-0.05, 0) is 42.2 Å². The molecule has 0 atom stereocenters. The summed E-state index contributed by atoms with van der Waals surface area (Å²) in [6.07, 6.45) is -2.91. The zero-order valence-electron chi connectivity index (χ0n) is 20.8. The van der Waals surface area contributed by atoms with Gasteiger partial charge in [-0.1, -0.05) is 43.6 Å². The molecular weight excluding hydrogens is 540 g/mol. The number of hydrogen-bond acceptors (Lipinski definition) is 5. The van der Waals surface area contributed by atoms with Crippen molar-refractivity contribution in [1.29, 1.82) is 0 Å². The fourth-order valence-electron chi connectivity index (χ4n) is 4.34. The van der Waals surface area contributed by atoms with Crippen molar-refractivity contribution >= 4 is 45.4 Å². The van der Waals surface area contributed by atoms with Crippen molar-refractivity contribution < 1.29 is 32.8 Å². The van der Waals surface area contributed by atoms with E-state index < -0.39 is 31.2 Å². The molecule has 0 bridgehead atoms. The van der Waals surface area contributed by atoms with Gasteiger partial charge in [0, 0.05) is 44.9 Å². The number of hydrogen-bond donors (Lipinski definition) is 2. The highest BCUT2D eigenvalue weighted by molar-refractivity contribution is 9.10. The highest BCUT2D eigenvalue weighted by atomic mass is 79.9. The van der Waals surface area contributed by atoms with E-state index in [0.29, 0.717) is 37.9 Å². The number of esters is 1. The Balaban J connectivity index is 2.42. The molecule has 3 rings (SSSR count). The van der Waals surface area contributed by atoms with E-state index in [1.54, 1.807) is 18.2 Å². The Morgan fingerprint density at radius 1 is 1.22 bits per heavy atom. The van der Waals surface area contributed by atoms with Gasteiger partial charge in [-0.25, -0.2) is 0 Å². The van der Waals surface area contributed by atoms with Crippen molar-refractivity contribution in [1.82, 2.24) is 9.55 Å². The molecule has 0 aliphatic rings. The molecule has 0 aliphatic carbocycles. The minimum absolute atomic E-state index is 0.0736. The molecule has 6 nitrogen and oxygen atoms in total. The molecule has 3 aromatic rings. The van der Waals surface area contributed by atoms with Gasteiger partial charge in [-0.3, -0.25) is 9.78 Å². The minimum Gasteiger partial charge on any atom is -0.465 e. The summed E-state index contributed by atoms with van der Waals surface area (Å²) in [5, 5.41) is 20.2. The number of alkyl halides is 3. The van der Waals surface area contributed by atoms with Crippen molar-refractivity contribution in [3.8, 4) is 11.3 Å². The third-order valence-corrected chi connectivity index (χ3v) is 6.32. The van der Waals surface area contributed by atoms with E-state index in [1.807, 2.05) is 27.7 Å². The second-order valence-corrected chi connectivity index (χ2v) is 11.0. The van der Waals surface area contributed by atoms with Crippen molar-refractivity contribution in [2.75, 3.05) is 6.61 Å². The molecule has 0 saturated heterocycles. The van der Waals surface area contributed by atoms with Gasteiger partial charge in [0.25, 0.3) is 0 Å². The molecule has 36 heavy (non-hydrogen) atoms. The molecule has 0 saturated carbocycles. The first-order valence-corrected chi connectivity index (χ1v) is 12.3. The highest BCUT2D eigenvalue weighted by Gasteiger charge is 2.34. The standard InChI is InChI=1S/C25H29BBrF3N2O4/c1-14(2)22-19(8-16(11-31-22)26(34)35)23-20(10-24(4,5)13-36-15(3)33)18-9-17(27)6-7-21(18)32(23)12-25(28,29)30/h6-9,11,14,34-35H,10,12-13H2,1-5H3. The molecule has 0 spiro atoms. The Hall–Kier alpha value is -2.37. The quantitative estimate of drug-likeness (QED) is 0.296. The van der Waals surface area contributed by atoms with Crippen molar-refractivity contribution in [2.45, 2.75) is 59.7 Å². The fourth-order valence-corrected chi connectivity index (χ4v) is 4.70. The van der Waals surface area contributed by atoms with Crippen LogP contribution in [-0.4, -0.2) is 45.5 Å². The van der Waals surface area contributed by atoms with Crippen LogP contribution in [0.2, 0.25) is 0 Å². The van der Waals surface area contributed by atoms with Crippen LogP contribution in [0.5, 0.6) is 0 Å². The molecule has 0 aliphatic heterocycles. The third-order valence-electron chi connectivity index (χ3n) is 5.83. The number of benzene rings is 1. The van der Waals surface area contributed by atoms with E-state index in [1.165, 1.54) is 23.8 Å². The fraction of sp³-hybridized carbons (Fsp3) is 0.440. The summed E-state index contributed by atoms with van der Waals surface area (Å²) < 4.78 is 48.8. The topological polar surface area (TPSA) is 84.6 Å². The summed E-state index contributed by atoms with van der Waals surface area (Å²) in [5.41, 5.74) is 1.70. The van der Waals surface area contributed by atoms with Crippen molar-refractivity contribution in [3.63, 3.8) is 0 Å². The first-order valence-electron chi connectivity index (χ1n) is 11.5. The number of nitrogens with zero attached hydrogens (tertiary/aromatic N) is 2. The smallest absolute Gasteiger partial charge is 0.465 e. The van der Waals surface area contributed by atoms with E-state index in [0.717, 1.165) is 0 Å².